The van der Waals surface area contributed by atoms with Crippen LogP contribution in [-0.4, -0.2) is 48.8 Å². The maximum Gasteiger partial charge on any atom is 0.387 e. The van der Waals surface area contributed by atoms with Gasteiger partial charge in [0.05, 0.1) is 20.3 Å². The molecule has 0 fully saturated rings. The van der Waals surface area contributed by atoms with E-state index in [0.717, 1.165) is 6.92 Å². The number of ether oxygens (including phenoxy) is 3. The predicted molar refractivity (Wildman–Crippen MR) is 89.1 cm³/mol. The van der Waals surface area contributed by atoms with Gasteiger partial charge in [-0.05, 0) is 38.1 Å². The Morgan fingerprint density at radius 2 is 1.76 bits per heavy atom. The van der Waals surface area contributed by atoms with Crippen molar-refractivity contribution >= 4 is 17.6 Å². The molecule has 9 nitrogen and oxygen atoms in total. The molecule has 0 radical (unpaired) electrons. The van der Waals surface area contributed by atoms with Crippen molar-refractivity contribution < 1.29 is 28.7 Å². The first-order chi connectivity index (χ1) is 11.8. The summed E-state index contributed by atoms with van der Waals surface area (Å²) < 4.78 is 14.7. The van der Waals surface area contributed by atoms with Crippen LogP contribution in [0, 0.1) is 10.1 Å². The van der Waals surface area contributed by atoms with Crippen molar-refractivity contribution in [2.45, 2.75) is 32.4 Å². The minimum absolute atomic E-state index is 0.0102. The summed E-state index contributed by atoms with van der Waals surface area (Å²) in [6.07, 6.45) is 0. The van der Waals surface area contributed by atoms with E-state index in [1.54, 1.807) is 31.2 Å². The number of rotatable bonds is 9. The van der Waals surface area contributed by atoms with E-state index in [2.05, 4.69) is 5.32 Å². The standard InChI is InChI=1S/C16H22N2O7/c1-5-24-14(19)13(16(3,18(21)22)15(20)25-6-2)17-11-7-9-12(23-4)10-8-11/h7-10,13,17H,5-6H2,1-4H3/t13-,16-/m0/s1. The van der Waals surface area contributed by atoms with Crippen molar-refractivity contribution in [2.75, 3.05) is 25.6 Å². The Balaban J connectivity index is 3.26. The van der Waals surface area contributed by atoms with Crippen molar-refractivity contribution in [3.8, 4) is 5.75 Å². The summed E-state index contributed by atoms with van der Waals surface area (Å²) in [7, 11) is 1.49. The van der Waals surface area contributed by atoms with Crippen molar-refractivity contribution in [2.24, 2.45) is 0 Å². The number of nitrogens with zero attached hydrogens (tertiary/aromatic N) is 1. The molecule has 25 heavy (non-hydrogen) atoms. The van der Waals surface area contributed by atoms with E-state index < -0.39 is 28.4 Å². The summed E-state index contributed by atoms with van der Waals surface area (Å²) in [5.41, 5.74) is -1.97. The number of benzene rings is 1. The van der Waals surface area contributed by atoms with Crippen LogP contribution in [0.2, 0.25) is 0 Å². The van der Waals surface area contributed by atoms with Crippen LogP contribution in [0.1, 0.15) is 20.8 Å². The summed E-state index contributed by atoms with van der Waals surface area (Å²) in [5.74, 6) is -1.48. The molecule has 0 aliphatic rings. The van der Waals surface area contributed by atoms with E-state index in [-0.39, 0.29) is 13.2 Å². The minimum Gasteiger partial charge on any atom is -0.497 e. The molecule has 1 aromatic carbocycles. The zero-order chi connectivity index (χ0) is 19.0. The number of carbonyl (C=O) groups excluding carboxylic acids is 2. The van der Waals surface area contributed by atoms with Crippen LogP contribution in [-0.2, 0) is 19.1 Å². The third-order valence-corrected chi connectivity index (χ3v) is 3.55. The fourth-order valence-electron chi connectivity index (χ4n) is 2.08. The first-order valence-electron chi connectivity index (χ1n) is 7.70. The second-order valence-electron chi connectivity index (χ2n) is 5.18. The lowest BCUT2D eigenvalue weighted by molar-refractivity contribution is -0.551. The van der Waals surface area contributed by atoms with Crippen LogP contribution in [0.4, 0.5) is 5.69 Å². The zero-order valence-electron chi connectivity index (χ0n) is 14.6. The van der Waals surface area contributed by atoms with Gasteiger partial charge < -0.3 is 19.5 Å². The highest BCUT2D eigenvalue weighted by Crippen LogP contribution is 2.24. The van der Waals surface area contributed by atoms with Crippen LogP contribution >= 0.6 is 0 Å². The van der Waals surface area contributed by atoms with Gasteiger partial charge in [0.2, 0.25) is 6.04 Å². The van der Waals surface area contributed by atoms with Gasteiger partial charge in [0, 0.05) is 17.5 Å². The number of esters is 2. The number of hydrogen-bond donors (Lipinski definition) is 1. The molecule has 0 spiro atoms. The third kappa shape index (κ3) is 4.59. The van der Waals surface area contributed by atoms with Crippen molar-refractivity contribution in [3.05, 3.63) is 34.4 Å². The van der Waals surface area contributed by atoms with E-state index in [1.807, 2.05) is 0 Å². The zero-order valence-corrected chi connectivity index (χ0v) is 14.6. The van der Waals surface area contributed by atoms with Crippen LogP contribution in [0.3, 0.4) is 0 Å². The van der Waals surface area contributed by atoms with E-state index >= 15 is 0 Å². The average Bonchev–Trinajstić information content (AvgIpc) is 2.59. The Hall–Kier alpha value is -2.84. The minimum atomic E-state index is -2.36. The van der Waals surface area contributed by atoms with Gasteiger partial charge in [0.1, 0.15) is 5.75 Å². The highest BCUT2D eigenvalue weighted by Gasteiger charge is 2.59. The quantitative estimate of drug-likeness (QED) is 0.404. The van der Waals surface area contributed by atoms with Gasteiger partial charge in [0.15, 0.2) is 0 Å². The molecule has 0 bridgehead atoms. The van der Waals surface area contributed by atoms with Gasteiger partial charge in [-0.15, -0.1) is 0 Å². The molecule has 9 heteroatoms. The third-order valence-electron chi connectivity index (χ3n) is 3.55. The fourth-order valence-corrected chi connectivity index (χ4v) is 2.08. The number of nitrogens with one attached hydrogen (secondary N) is 1. The van der Waals surface area contributed by atoms with Gasteiger partial charge in [-0.25, -0.2) is 9.59 Å². The van der Waals surface area contributed by atoms with Gasteiger partial charge in [-0.3, -0.25) is 10.1 Å². The van der Waals surface area contributed by atoms with Crippen LogP contribution in [0.25, 0.3) is 0 Å². The molecule has 0 aliphatic carbocycles. The average molecular weight is 354 g/mol. The molecule has 1 aromatic rings. The first kappa shape index (κ1) is 20.2. The first-order valence-corrected chi connectivity index (χ1v) is 7.70. The largest absolute Gasteiger partial charge is 0.497 e. The summed E-state index contributed by atoms with van der Waals surface area (Å²) in [6.45, 7) is 4.07. The Morgan fingerprint density at radius 3 is 2.20 bits per heavy atom. The Kier molecular flexibility index (Phi) is 7.16. The Bertz CT molecular complexity index is 617. The Labute approximate surface area is 145 Å². The summed E-state index contributed by atoms with van der Waals surface area (Å²) >= 11 is 0. The van der Waals surface area contributed by atoms with E-state index in [0.29, 0.717) is 11.4 Å². The topological polar surface area (TPSA) is 117 Å². The number of carbonyl (C=O) groups is 2. The lowest BCUT2D eigenvalue weighted by Crippen LogP contribution is -2.60. The second-order valence-corrected chi connectivity index (χ2v) is 5.18. The summed E-state index contributed by atoms with van der Waals surface area (Å²) in [5, 5.41) is 14.3. The molecule has 0 aromatic heterocycles. The molecule has 0 amide bonds. The van der Waals surface area contributed by atoms with E-state index in [1.165, 1.54) is 14.0 Å². The van der Waals surface area contributed by atoms with Crippen molar-refractivity contribution in [1.29, 1.82) is 0 Å². The number of hydrogen-bond acceptors (Lipinski definition) is 8. The van der Waals surface area contributed by atoms with Gasteiger partial charge in [-0.1, -0.05) is 0 Å². The van der Waals surface area contributed by atoms with E-state index in [9.17, 15) is 19.7 Å². The maximum atomic E-state index is 12.3. The molecule has 0 saturated heterocycles. The Morgan fingerprint density at radius 1 is 1.20 bits per heavy atom. The number of nitro groups is 1. The maximum absolute atomic E-state index is 12.3. The molecule has 2 atom stereocenters. The van der Waals surface area contributed by atoms with Crippen molar-refractivity contribution in [1.82, 2.24) is 0 Å². The summed E-state index contributed by atoms with van der Waals surface area (Å²) in [6, 6.07) is 4.78. The van der Waals surface area contributed by atoms with Crippen molar-refractivity contribution in [3.63, 3.8) is 0 Å². The molecule has 0 saturated carbocycles. The SMILES string of the molecule is CCOC(=O)[C@H](Nc1ccc(OC)cc1)[C@@](C)(C(=O)OCC)[N+](=O)[O-]. The molecule has 138 valence electrons. The smallest absolute Gasteiger partial charge is 0.387 e. The number of anilines is 1. The van der Waals surface area contributed by atoms with Gasteiger partial charge >= 0.3 is 17.5 Å². The molecule has 0 aliphatic heterocycles. The second kappa shape index (κ2) is 8.86. The lowest BCUT2D eigenvalue weighted by atomic mass is 9.92. The van der Waals surface area contributed by atoms with Gasteiger partial charge in [-0.2, -0.15) is 0 Å². The normalized spacial score (nSPS) is 13.9. The predicted octanol–water partition coefficient (Wildman–Crippen LogP) is 1.64. The summed E-state index contributed by atoms with van der Waals surface area (Å²) in [4.78, 5) is 35.3. The molecular weight excluding hydrogens is 332 g/mol. The highest BCUT2D eigenvalue weighted by molar-refractivity contribution is 5.91. The van der Waals surface area contributed by atoms with Crippen LogP contribution in [0.5, 0.6) is 5.75 Å². The molecular formula is C16H22N2O7. The van der Waals surface area contributed by atoms with Crippen LogP contribution in [0.15, 0.2) is 24.3 Å². The van der Waals surface area contributed by atoms with E-state index in [4.69, 9.17) is 14.2 Å². The highest BCUT2D eigenvalue weighted by atomic mass is 16.6. The molecule has 1 rings (SSSR count). The number of methoxy groups -OCH3 is 1. The van der Waals surface area contributed by atoms with Crippen LogP contribution < -0.4 is 10.1 Å². The fraction of sp³-hybridized carbons (Fsp3) is 0.500. The van der Waals surface area contributed by atoms with Gasteiger partial charge in [0.25, 0.3) is 0 Å². The molecule has 0 unspecified atom stereocenters. The molecule has 1 N–H and O–H groups in total. The molecule has 0 heterocycles. The lowest BCUT2D eigenvalue weighted by Gasteiger charge is -2.27. The monoisotopic (exact) mass is 354 g/mol.